The number of aromatic nitrogens is 1. The smallest absolute Gasteiger partial charge is 0.253 e. The highest BCUT2D eigenvalue weighted by Gasteiger charge is 2.17. The van der Waals surface area contributed by atoms with Crippen LogP contribution >= 0.6 is 0 Å². The maximum absolute atomic E-state index is 12.4. The lowest BCUT2D eigenvalue weighted by atomic mass is 9.95. The van der Waals surface area contributed by atoms with Crippen LogP contribution in [0.2, 0.25) is 0 Å². The van der Waals surface area contributed by atoms with E-state index in [0.717, 1.165) is 24.2 Å². The maximum atomic E-state index is 12.4. The number of ketones is 1. The zero-order chi connectivity index (χ0) is 17.6. The van der Waals surface area contributed by atoms with Crippen molar-refractivity contribution in [1.29, 1.82) is 0 Å². The average Bonchev–Trinajstić information content (AvgIpc) is 2.63. The van der Waals surface area contributed by atoms with Crippen molar-refractivity contribution in [3.8, 4) is 0 Å². The second-order valence-corrected chi connectivity index (χ2v) is 6.53. The van der Waals surface area contributed by atoms with E-state index in [1.54, 1.807) is 30.6 Å². The van der Waals surface area contributed by atoms with Crippen LogP contribution in [0.1, 0.15) is 59.7 Å². The quantitative estimate of drug-likeness (QED) is 0.806. The number of carbonyl (C=O) groups excluding carboxylic acids is 2. The Morgan fingerprint density at radius 1 is 1.00 bits per heavy atom. The normalized spacial score (nSPS) is 14.8. The minimum atomic E-state index is -0.0828. The fourth-order valence-electron chi connectivity index (χ4n) is 3.13. The Labute approximate surface area is 147 Å². The van der Waals surface area contributed by atoms with E-state index in [1.807, 2.05) is 12.1 Å². The van der Waals surface area contributed by atoms with Crippen LogP contribution in [0, 0.1) is 0 Å². The predicted octanol–water partition coefficient (Wildman–Crippen LogP) is 4.09. The van der Waals surface area contributed by atoms with E-state index in [1.165, 1.54) is 26.2 Å². The van der Waals surface area contributed by atoms with Crippen molar-refractivity contribution in [2.24, 2.45) is 0 Å². The van der Waals surface area contributed by atoms with Crippen LogP contribution in [0.4, 0.5) is 11.4 Å². The van der Waals surface area contributed by atoms with Gasteiger partial charge in [-0.05, 0) is 38.0 Å². The molecule has 1 aliphatic rings. The van der Waals surface area contributed by atoms with Crippen molar-refractivity contribution < 1.29 is 9.59 Å². The van der Waals surface area contributed by atoms with Gasteiger partial charge in [0.2, 0.25) is 0 Å². The van der Waals surface area contributed by atoms with Gasteiger partial charge in [-0.3, -0.25) is 14.6 Å². The summed E-state index contributed by atoms with van der Waals surface area (Å²) < 4.78 is 0. The molecule has 5 heteroatoms. The second kappa shape index (κ2) is 7.92. The largest absolute Gasteiger partial charge is 0.354 e. The lowest BCUT2D eigenvalue weighted by Gasteiger charge is -2.22. The van der Waals surface area contributed by atoms with Gasteiger partial charge in [0.05, 0.1) is 17.4 Å². The van der Waals surface area contributed by atoms with Gasteiger partial charge in [0.1, 0.15) is 0 Å². The Kier molecular flexibility index (Phi) is 5.43. The van der Waals surface area contributed by atoms with Crippen LogP contribution in [0.25, 0.3) is 0 Å². The molecule has 2 aromatic rings. The lowest BCUT2D eigenvalue weighted by molar-refractivity contribution is 0.0926. The van der Waals surface area contributed by atoms with Crippen LogP contribution in [0.15, 0.2) is 42.7 Å². The van der Waals surface area contributed by atoms with E-state index in [-0.39, 0.29) is 17.7 Å². The number of rotatable bonds is 5. The van der Waals surface area contributed by atoms with E-state index in [4.69, 9.17) is 0 Å². The third kappa shape index (κ3) is 4.66. The number of anilines is 2. The molecule has 1 amide bonds. The molecule has 130 valence electrons. The van der Waals surface area contributed by atoms with Gasteiger partial charge < -0.3 is 10.6 Å². The number of hydrogen-bond donors (Lipinski definition) is 2. The van der Waals surface area contributed by atoms with Gasteiger partial charge in [0.15, 0.2) is 5.78 Å². The molecule has 1 aromatic carbocycles. The molecule has 1 heterocycles. The molecule has 5 nitrogen and oxygen atoms in total. The molecule has 25 heavy (non-hydrogen) atoms. The SMILES string of the molecule is CC(=O)c1cccc(Nc2cncc(C(=O)NC3CCCCC3)c2)c1. The molecule has 1 saturated carbocycles. The zero-order valence-corrected chi connectivity index (χ0v) is 14.4. The van der Waals surface area contributed by atoms with Crippen LogP contribution < -0.4 is 10.6 Å². The molecular formula is C20H23N3O2. The number of benzene rings is 1. The molecule has 0 aliphatic heterocycles. The summed E-state index contributed by atoms with van der Waals surface area (Å²) in [5, 5.41) is 6.30. The van der Waals surface area contributed by atoms with Crippen LogP contribution in [0.5, 0.6) is 0 Å². The molecule has 1 fully saturated rings. The highest BCUT2D eigenvalue weighted by molar-refractivity contribution is 5.96. The second-order valence-electron chi connectivity index (χ2n) is 6.53. The van der Waals surface area contributed by atoms with Gasteiger partial charge in [0.25, 0.3) is 5.91 Å². The van der Waals surface area contributed by atoms with E-state index in [9.17, 15) is 9.59 Å². The summed E-state index contributed by atoms with van der Waals surface area (Å²) in [5.74, 6) is -0.0667. The third-order valence-electron chi connectivity index (χ3n) is 4.50. The summed E-state index contributed by atoms with van der Waals surface area (Å²) in [7, 11) is 0. The zero-order valence-electron chi connectivity index (χ0n) is 14.4. The van der Waals surface area contributed by atoms with Crippen molar-refractivity contribution in [3.05, 3.63) is 53.9 Å². The van der Waals surface area contributed by atoms with Crippen molar-refractivity contribution in [2.45, 2.75) is 45.1 Å². The third-order valence-corrected chi connectivity index (χ3v) is 4.50. The first-order valence-corrected chi connectivity index (χ1v) is 8.76. The van der Waals surface area contributed by atoms with Crippen LogP contribution in [-0.2, 0) is 0 Å². The number of pyridine rings is 1. The van der Waals surface area contributed by atoms with Gasteiger partial charge in [-0.1, -0.05) is 31.4 Å². The van der Waals surface area contributed by atoms with Gasteiger partial charge in [-0.15, -0.1) is 0 Å². The van der Waals surface area contributed by atoms with E-state index in [0.29, 0.717) is 11.1 Å². The first kappa shape index (κ1) is 17.1. The number of nitrogens with zero attached hydrogens (tertiary/aromatic N) is 1. The fraction of sp³-hybridized carbons (Fsp3) is 0.350. The first-order valence-electron chi connectivity index (χ1n) is 8.76. The summed E-state index contributed by atoms with van der Waals surface area (Å²) in [6.45, 7) is 1.54. The Bertz CT molecular complexity index is 767. The molecule has 0 saturated heterocycles. The van der Waals surface area contributed by atoms with E-state index < -0.39 is 0 Å². The number of amides is 1. The molecule has 1 aromatic heterocycles. The Morgan fingerprint density at radius 3 is 2.52 bits per heavy atom. The standard InChI is InChI=1S/C20H23N3O2/c1-14(24)15-6-5-9-18(10-15)22-19-11-16(12-21-13-19)20(25)23-17-7-3-2-4-8-17/h5-6,9-13,17,22H,2-4,7-8H2,1H3,(H,23,25). The summed E-state index contributed by atoms with van der Waals surface area (Å²) in [6, 6.07) is 9.32. The van der Waals surface area contributed by atoms with Crippen molar-refractivity contribution in [3.63, 3.8) is 0 Å². The molecule has 0 spiro atoms. The number of nitrogens with one attached hydrogen (secondary N) is 2. The lowest BCUT2D eigenvalue weighted by Crippen LogP contribution is -2.36. The van der Waals surface area contributed by atoms with Gasteiger partial charge in [-0.25, -0.2) is 0 Å². The molecule has 1 aliphatic carbocycles. The Balaban J connectivity index is 1.69. The topological polar surface area (TPSA) is 71.1 Å². The molecule has 0 bridgehead atoms. The molecule has 0 atom stereocenters. The van der Waals surface area contributed by atoms with Gasteiger partial charge in [-0.2, -0.15) is 0 Å². The van der Waals surface area contributed by atoms with Gasteiger partial charge >= 0.3 is 0 Å². The Morgan fingerprint density at radius 2 is 1.76 bits per heavy atom. The van der Waals surface area contributed by atoms with Gasteiger partial charge in [0, 0.05) is 23.5 Å². The summed E-state index contributed by atoms with van der Waals surface area (Å²) >= 11 is 0. The van der Waals surface area contributed by atoms with E-state index >= 15 is 0 Å². The molecular weight excluding hydrogens is 314 g/mol. The molecule has 2 N–H and O–H groups in total. The maximum Gasteiger partial charge on any atom is 0.253 e. The highest BCUT2D eigenvalue weighted by atomic mass is 16.1. The Hall–Kier alpha value is -2.69. The minimum absolute atomic E-state index is 0.0161. The summed E-state index contributed by atoms with van der Waals surface area (Å²) in [4.78, 5) is 28.1. The average molecular weight is 337 g/mol. The molecule has 0 unspecified atom stereocenters. The van der Waals surface area contributed by atoms with Crippen molar-refractivity contribution in [2.75, 3.05) is 5.32 Å². The molecule has 0 radical (unpaired) electrons. The fourth-order valence-corrected chi connectivity index (χ4v) is 3.13. The summed E-state index contributed by atoms with van der Waals surface area (Å²) in [5.41, 5.74) is 2.69. The first-order chi connectivity index (χ1) is 12.1. The van der Waals surface area contributed by atoms with Crippen LogP contribution in [0.3, 0.4) is 0 Å². The van der Waals surface area contributed by atoms with Crippen LogP contribution in [-0.4, -0.2) is 22.7 Å². The monoisotopic (exact) mass is 337 g/mol. The van der Waals surface area contributed by atoms with Crippen molar-refractivity contribution >= 4 is 23.1 Å². The number of Topliss-reactive ketones (excluding diaryl/α,β-unsaturated/α-hetero) is 1. The molecule has 3 rings (SSSR count). The number of hydrogen-bond acceptors (Lipinski definition) is 4. The van der Waals surface area contributed by atoms with E-state index in [2.05, 4.69) is 15.6 Å². The highest BCUT2D eigenvalue weighted by Crippen LogP contribution is 2.20. The predicted molar refractivity (Wildman–Crippen MR) is 98.3 cm³/mol. The summed E-state index contributed by atoms with van der Waals surface area (Å²) in [6.07, 6.45) is 8.96. The minimum Gasteiger partial charge on any atom is -0.354 e. The number of carbonyl (C=O) groups is 2. The van der Waals surface area contributed by atoms with Crippen molar-refractivity contribution in [1.82, 2.24) is 10.3 Å².